The van der Waals surface area contributed by atoms with Crippen molar-refractivity contribution in [3.63, 3.8) is 0 Å². The minimum Gasteiger partial charge on any atom is -0.482 e. The quantitative estimate of drug-likeness (QED) is 0.315. The van der Waals surface area contributed by atoms with Crippen LogP contribution in [0.4, 0.5) is 0 Å². The SMILES string of the molecule is O=C(O)COc1cccc(C[C@@H]2CCCC[C@]2(O)c2nc(-c3ccccc3)c(-c3ccccc3)o2)c1. The van der Waals surface area contributed by atoms with E-state index in [0.29, 0.717) is 30.2 Å². The Bertz CT molecular complexity index is 1260. The third kappa shape index (κ3) is 5.04. The van der Waals surface area contributed by atoms with E-state index in [0.717, 1.165) is 41.6 Å². The first kappa shape index (κ1) is 23.8. The number of carboxylic acids is 1. The minimum atomic E-state index is -1.22. The van der Waals surface area contributed by atoms with Gasteiger partial charge in [-0.1, -0.05) is 85.6 Å². The molecule has 0 saturated heterocycles. The van der Waals surface area contributed by atoms with Crippen molar-refractivity contribution in [1.29, 1.82) is 0 Å². The van der Waals surface area contributed by atoms with Crippen LogP contribution in [0.2, 0.25) is 0 Å². The Morgan fingerprint density at radius 2 is 1.69 bits per heavy atom. The van der Waals surface area contributed by atoms with Crippen molar-refractivity contribution < 1.29 is 24.2 Å². The summed E-state index contributed by atoms with van der Waals surface area (Å²) in [5, 5.41) is 21.0. The van der Waals surface area contributed by atoms with Gasteiger partial charge in [0.1, 0.15) is 17.0 Å². The number of ether oxygens (including phenoxy) is 1. The minimum absolute atomic E-state index is 0.105. The molecule has 6 heteroatoms. The number of aliphatic carboxylic acids is 1. The van der Waals surface area contributed by atoms with E-state index in [9.17, 15) is 9.90 Å². The Labute approximate surface area is 210 Å². The first-order chi connectivity index (χ1) is 17.5. The van der Waals surface area contributed by atoms with Crippen LogP contribution in [0, 0.1) is 5.92 Å². The van der Waals surface area contributed by atoms with Crippen LogP contribution in [0.3, 0.4) is 0 Å². The second kappa shape index (κ2) is 10.4. The van der Waals surface area contributed by atoms with E-state index < -0.39 is 18.2 Å². The van der Waals surface area contributed by atoms with Crippen molar-refractivity contribution >= 4 is 5.97 Å². The lowest BCUT2D eigenvalue weighted by Gasteiger charge is -2.37. The number of aromatic nitrogens is 1. The molecule has 1 saturated carbocycles. The highest BCUT2D eigenvalue weighted by Gasteiger charge is 2.45. The summed E-state index contributed by atoms with van der Waals surface area (Å²) in [5.74, 6) is 0.381. The van der Waals surface area contributed by atoms with Crippen LogP contribution in [0.15, 0.2) is 89.3 Å². The molecule has 184 valence electrons. The number of oxazole rings is 1. The van der Waals surface area contributed by atoms with Gasteiger partial charge < -0.3 is 19.4 Å². The third-order valence-corrected chi connectivity index (χ3v) is 6.86. The van der Waals surface area contributed by atoms with Crippen LogP contribution < -0.4 is 4.74 Å². The molecule has 3 aromatic carbocycles. The summed E-state index contributed by atoms with van der Waals surface area (Å²) in [7, 11) is 0. The zero-order chi connectivity index (χ0) is 25.0. The van der Waals surface area contributed by atoms with Gasteiger partial charge in [-0.25, -0.2) is 9.78 Å². The largest absolute Gasteiger partial charge is 0.482 e. The molecule has 1 aliphatic rings. The Morgan fingerprint density at radius 3 is 2.42 bits per heavy atom. The fraction of sp³-hybridized carbons (Fsp3) is 0.267. The number of benzene rings is 3. The van der Waals surface area contributed by atoms with Crippen LogP contribution in [0.5, 0.6) is 5.75 Å². The summed E-state index contributed by atoms with van der Waals surface area (Å²) < 4.78 is 11.8. The topological polar surface area (TPSA) is 92.8 Å². The lowest BCUT2D eigenvalue weighted by atomic mass is 9.72. The number of hydrogen-bond acceptors (Lipinski definition) is 5. The van der Waals surface area contributed by atoms with E-state index in [1.54, 1.807) is 6.07 Å². The molecule has 36 heavy (non-hydrogen) atoms. The van der Waals surface area contributed by atoms with Crippen molar-refractivity contribution in [2.75, 3.05) is 6.61 Å². The molecule has 0 radical (unpaired) electrons. The van der Waals surface area contributed by atoms with Gasteiger partial charge in [-0.15, -0.1) is 0 Å². The van der Waals surface area contributed by atoms with E-state index in [4.69, 9.17) is 19.2 Å². The van der Waals surface area contributed by atoms with Crippen molar-refractivity contribution in [1.82, 2.24) is 4.98 Å². The third-order valence-electron chi connectivity index (χ3n) is 6.86. The van der Waals surface area contributed by atoms with Gasteiger partial charge in [0.25, 0.3) is 0 Å². The first-order valence-electron chi connectivity index (χ1n) is 12.3. The molecular weight excluding hydrogens is 454 g/mol. The highest BCUT2D eigenvalue weighted by atomic mass is 16.5. The second-order valence-electron chi connectivity index (χ2n) is 9.33. The summed E-state index contributed by atoms with van der Waals surface area (Å²) in [5.41, 5.74) is 2.33. The van der Waals surface area contributed by atoms with E-state index >= 15 is 0 Å². The van der Waals surface area contributed by atoms with Gasteiger partial charge in [0.2, 0.25) is 5.89 Å². The molecule has 0 aliphatic heterocycles. The number of aliphatic hydroxyl groups is 1. The van der Waals surface area contributed by atoms with E-state index in [-0.39, 0.29) is 5.92 Å². The zero-order valence-electron chi connectivity index (χ0n) is 20.0. The van der Waals surface area contributed by atoms with Crippen LogP contribution >= 0.6 is 0 Å². The molecule has 2 atom stereocenters. The number of nitrogens with zero attached hydrogens (tertiary/aromatic N) is 1. The Morgan fingerprint density at radius 1 is 0.972 bits per heavy atom. The van der Waals surface area contributed by atoms with Crippen LogP contribution in [-0.4, -0.2) is 27.8 Å². The standard InChI is InChI=1S/C30H29NO5/c32-26(33)20-35-25-16-9-10-21(19-25)18-24-15-7-8-17-30(24,34)29-31-27(22-11-3-1-4-12-22)28(36-29)23-13-5-2-6-14-23/h1-6,9-14,16,19,24,34H,7-8,15,17-18,20H2,(H,32,33)/t24-,30+/m0/s1. The highest BCUT2D eigenvalue weighted by molar-refractivity contribution is 5.76. The maximum Gasteiger partial charge on any atom is 0.341 e. The monoisotopic (exact) mass is 483 g/mol. The van der Waals surface area contributed by atoms with Gasteiger partial charge in [0, 0.05) is 17.0 Å². The van der Waals surface area contributed by atoms with Gasteiger partial charge in [-0.3, -0.25) is 0 Å². The Kier molecular flexibility index (Phi) is 6.87. The Hall–Kier alpha value is -3.90. The highest BCUT2D eigenvalue weighted by Crippen LogP contribution is 2.46. The number of rotatable bonds is 8. The smallest absolute Gasteiger partial charge is 0.341 e. The average molecular weight is 484 g/mol. The summed E-state index contributed by atoms with van der Waals surface area (Å²) in [6.45, 7) is -0.391. The predicted octanol–water partition coefficient (Wildman–Crippen LogP) is 6.09. The lowest BCUT2D eigenvalue weighted by Crippen LogP contribution is -2.39. The summed E-state index contributed by atoms with van der Waals surface area (Å²) in [4.78, 5) is 15.8. The molecule has 2 N–H and O–H groups in total. The average Bonchev–Trinajstić information content (AvgIpc) is 3.37. The second-order valence-corrected chi connectivity index (χ2v) is 9.33. The molecule has 1 aromatic heterocycles. The fourth-order valence-corrected chi connectivity index (χ4v) is 5.05. The van der Waals surface area contributed by atoms with E-state index in [1.165, 1.54) is 0 Å². The normalized spacial score (nSPS) is 19.6. The molecule has 0 bridgehead atoms. The molecule has 0 spiro atoms. The maximum absolute atomic E-state index is 12.1. The van der Waals surface area contributed by atoms with Crippen molar-refractivity contribution in [3.05, 3.63) is 96.4 Å². The zero-order valence-corrected chi connectivity index (χ0v) is 20.0. The van der Waals surface area contributed by atoms with Crippen LogP contribution in [0.25, 0.3) is 22.6 Å². The van der Waals surface area contributed by atoms with Crippen LogP contribution in [-0.2, 0) is 16.8 Å². The molecule has 5 rings (SSSR count). The van der Waals surface area contributed by atoms with Gasteiger partial charge >= 0.3 is 5.97 Å². The molecule has 1 fully saturated rings. The lowest BCUT2D eigenvalue weighted by molar-refractivity contribution is -0.139. The van der Waals surface area contributed by atoms with Gasteiger partial charge in [0.15, 0.2) is 12.4 Å². The molecule has 0 unspecified atom stereocenters. The summed E-state index contributed by atoms with van der Waals surface area (Å²) in [6, 6.07) is 27.2. The summed E-state index contributed by atoms with van der Waals surface area (Å²) in [6.07, 6.45) is 3.90. The predicted molar refractivity (Wildman–Crippen MR) is 137 cm³/mol. The molecule has 4 aromatic rings. The number of carboxylic acid groups (broad SMARTS) is 1. The van der Waals surface area contributed by atoms with Crippen molar-refractivity contribution in [3.8, 4) is 28.3 Å². The molecular formula is C30H29NO5. The molecule has 0 amide bonds. The molecule has 1 heterocycles. The molecule has 1 aliphatic carbocycles. The fourth-order valence-electron chi connectivity index (χ4n) is 5.05. The molecule has 6 nitrogen and oxygen atoms in total. The van der Waals surface area contributed by atoms with Crippen LogP contribution in [0.1, 0.15) is 37.1 Å². The number of hydrogen-bond donors (Lipinski definition) is 2. The van der Waals surface area contributed by atoms with Gasteiger partial charge in [-0.2, -0.15) is 0 Å². The maximum atomic E-state index is 12.1. The van der Waals surface area contributed by atoms with Gasteiger partial charge in [-0.05, 0) is 37.0 Å². The Balaban J connectivity index is 1.50. The van der Waals surface area contributed by atoms with E-state index in [2.05, 4.69) is 0 Å². The summed E-state index contributed by atoms with van der Waals surface area (Å²) >= 11 is 0. The van der Waals surface area contributed by atoms with Gasteiger partial charge in [0.05, 0.1) is 0 Å². The number of carbonyl (C=O) groups is 1. The van der Waals surface area contributed by atoms with E-state index in [1.807, 2.05) is 78.9 Å². The first-order valence-corrected chi connectivity index (χ1v) is 12.3. The van der Waals surface area contributed by atoms with Crippen molar-refractivity contribution in [2.24, 2.45) is 5.92 Å². The van der Waals surface area contributed by atoms with Crippen molar-refractivity contribution in [2.45, 2.75) is 37.7 Å².